The molecule has 0 bridgehead atoms. The van der Waals surface area contributed by atoms with E-state index in [1.54, 1.807) is 11.2 Å². The molecule has 1 aromatic heterocycles. The lowest BCUT2D eigenvalue weighted by atomic mass is 9.98. The lowest BCUT2D eigenvalue weighted by molar-refractivity contribution is 0.153. The smallest absolute Gasteiger partial charge is 0.317 e. The number of amides is 2. The highest BCUT2D eigenvalue weighted by atomic mass is 16.3. The molecule has 3 rings (SSSR count). The number of furan rings is 1. The predicted molar refractivity (Wildman–Crippen MR) is 108 cm³/mol. The molecule has 1 N–H and O–H groups in total. The van der Waals surface area contributed by atoms with Gasteiger partial charge in [-0.15, -0.1) is 0 Å². The molecular formula is C22H29N3O2. The minimum absolute atomic E-state index is 0.0177. The molecule has 5 nitrogen and oxygen atoms in total. The third-order valence-corrected chi connectivity index (χ3v) is 4.94. The van der Waals surface area contributed by atoms with Crippen molar-refractivity contribution in [2.24, 2.45) is 5.92 Å². The number of urea groups is 1. The van der Waals surface area contributed by atoms with Gasteiger partial charge in [-0.25, -0.2) is 4.79 Å². The lowest BCUT2D eigenvalue weighted by Crippen LogP contribution is -2.44. The van der Waals surface area contributed by atoms with Crippen molar-refractivity contribution in [2.45, 2.75) is 19.4 Å². The molecule has 0 saturated carbocycles. The minimum atomic E-state index is -0.0177. The van der Waals surface area contributed by atoms with Crippen molar-refractivity contribution in [1.29, 1.82) is 0 Å². The standard InChI is InChI=1S/C22H29N3O2/c1-24(13-5-10-19-8-3-2-4-9-19)22(26)23-16-20-11-6-14-25(17-20)18-21-12-7-15-27-21/h2-5,7-10,12,15,20H,6,11,13-14,16-18H2,1H3,(H,23,26). The van der Waals surface area contributed by atoms with E-state index in [9.17, 15) is 4.79 Å². The highest BCUT2D eigenvalue weighted by molar-refractivity contribution is 5.74. The topological polar surface area (TPSA) is 48.7 Å². The van der Waals surface area contributed by atoms with Crippen molar-refractivity contribution in [3.63, 3.8) is 0 Å². The summed E-state index contributed by atoms with van der Waals surface area (Å²) in [5.74, 6) is 1.50. The Morgan fingerprint density at radius 1 is 1.30 bits per heavy atom. The Hall–Kier alpha value is -2.53. The van der Waals surface area contributed by atoms with E-state index in [2.05, 4.69) is 10.2 Å². The number of nitrogens with one attached hydrogen (secondary N) is 1. The molecule has 1 fully saturated rings. The van der Waals surface area contributed by atoms with Crippen molar-refractivity contribution in [1.82, 2.24) is 15.1 Å². The first-order valence-electron chi connectivity index (χ1n) is 9.66. The van der Waals surface area contributed by atoms with Crippen LogP contribution >= 0.6 is 0 Å². The van der Waals surface area contributed by atoms with Crippen molar-refractivity contribution in [3.8, 4) is 0 Å². The van der Waals surface area contributed by atoms with Gasteiger partial charge in [-0.2, -0.15) is 0 Å². The lowest BCUT2D eigenvalue weighted by Gasteiger charge is -2.32. The molecule has 144 valence electrons. The number of likely N-dealkylation sites (N-methyl/N-ethyl adjacent to an activating group) is 1. The first-order chi connectivity index (χ1) is 13.2. The zero-order valence-electron chi connectivity index (χ0n) is 16.0. The Morgan fingerprint density at radius 3 is 2.93 bits per heavy atom. The molecule has 0 radical (unpaired) electrons. The average molecular weight is 367 g/mol. The minimum Gasteiger partial charge on any atom is -0.468 e. The van der Waals surface area contributed by atoms with Crippen molar-refractivity contribution in [3.05, 3.63) is 66.1 Å². The molecule has 0 spiro atoms. The second kappa shape index (κ2) is 9.97. The molecular weight excluding hydrogens is 338 g/mol. The Kier molecular flexibility index (Phi) is 7.11. The van der Waals surface area contributed by atoms with Gasteiger partial charge in [0.25, 0.3) is 0 Å². The molecule has 27 heavy (non-hydrogen) atoms. The van der Waals surface area contributed by atoms with E-state index in [1.807, 2.05) is 61.7 Å². The zero-order valence-corrected chi connectivity index (χ0v) is 16.0. The van der Waals surface area contributed by atoms with E-state index in [-0.39, 0.29) is 6.03 Å². The molecule has 1 atom stereocenters. The quantitative estimate of drug-likeness (QED) is 0.809. The van der Waals surface area contributed by atoms with Gasteiger partial charge >= 0.3 is 6.03 Å². The summed E-state index contributed by atoms with van der Waals surface area (Å²) in [7, 11) is 1.83. The van der Waals surface area contributed by atoms with Gasteiger partial charge in [-0.05, 0) is 43.0 Å². The molecule has 0 aliphatic carbocycles. The van der Waals surface area contributed by atoms with Gasteiger partial charge in [-0.1, -0.05) is 42.5 Å². The molecule has 2 heterocycles. The monoisotopic (exact) mass is 367 g/mol. The van der Waals surface area contributed by atoms with E-state index in [1.165, 1.54) is 0 Å². The summed E-state index contributed by atoms with van der Waals surface area (Å²) < 4.78 is 5.45. The van der Waals surface area contributed by atoms with Crippen LogP contribution in [0.5, 0.6) is 0 Å². The van der Waals surface area contributed by atoms with E-state index in [0.29, 0.717) is 12.5 Å². The summed E-state index contributed by atoms with van der Waals surface area (Å²) in [4.78, 5) is 16.4. The molecule has 1 saturated heterocycles. The van der Waals surface area contributed by atoms with Crippen LogP contribution in [0, 0.1) is 5.92 Å². The Labute approximate surface area is 161 Å². The van der Waals surface area contributed by atoms with Crippen LogP contribution in [0.2, 0.25) is 0 Å². The number of carbonyl (C=O) groups excluding carboxylic acids is 1. The van der Waals surface area contributed by atoms with Crippen LogP contribution in [0.25, 0.3) is 6.08 Å². The van der Waals surface area contributed by atoms with E-state index >= 15 is 0 Å². The molecule has 1 unspecified atom stereocenters. The third-order valence-electron chi connectivity index (χ3n) is 4.94. The van der Waals surface area contributed by atoms with E-state index in [4.69, 9.17) is 4.42 Å². The van der Waals surface area contributed by atoms with Crippen LogP contribution < -0.4 is 5.32 Å². The maximum absolute atomic E-state index is 12.3. The summed E-state index contributed by atoms with van der Waals surface area (Å²) in [6, 6.07) is 14.0. The number of piperidine rings is 1. The Morgan fingerprint density at radius 2 is 2.15 bits per heavy atom. The fraction of sp³-hybridized carbons (Fsp3) is 0.409. The van der Waals surface area contributed by atoms with Gasteiger partial charge in [0.15, 0.2) is 0 Å². The van der Waals surface area contributed by atoms with Crippen LogP contribution in [0.4, 0.5) is 4.79 Å². The molecule has 5 heteroatoms. The van der Waals surface area contributed by atoms with Gasteiger partial charge in [-0.3, -0.25) is 4.90 Å². The zero-order chi connectivity index (χ0) is 18.9. The Balaban J connectivity index is 1.38. The summed E-state index contributed by atoms with van der Waals surface area (Å²) >= 11 is 0. The van der Waals surface area contributed by atoms with Crippen LogP contribution in [-0.2, 0) is 6.54 Å². The summed E-state index contributed by atoms with van der Waals surface area (Å²) in [6.07, 6.45) is 8.10. The number of rotatable bonds is 7. The Bertz CT molecular complexity index is 712. The van der Waals surface area contributed by atoms with Crippen molar-refractivity contribution < 1.29 is 9.21 Å². The number of nitrogens with zero attached hydrogens (tertiary/aromatic N) is 2. The fourth-order valence-electron chi connectivity index (χ4n) is 3.45. The van der Waals surface area contributed by atoms with Gasteiger partial charge in [0.2, 0.25) is 0 Å². The van der Waals surface area contributed by atoms with Crippen molar-refractivity contribution in [2.75, 3.05) is 33.2 Å². The molecule has 1 aliphatic rings. The number of benzene rings is 1. The highest BCUT2D eigenvalue weighted by Gasteiger charge is 2.21. The van der Waals surface area contributed by atoms with Crippen LogP contribution in [0.3, 0.4) is 0 Å². The molecule has 1 aromatic carbocycles. The first-order valence-corrected chi connectivity index (χ1v) is 9.66. The number of hydrogen-bond donors (Lipinski definition) is 1. The predicted octanol–water partition coefficient (Wildman–Crippen LogP) is 3.85. The average Bonchev–Trinajstić information content (AvgIpc) is 3.20. The van der Waals surface area contributed by atoms with Gasteiger partial charge in [0.05, 0.1) is 12.8 Å². The molecule has 1 aliphatic heterocycles. The number of carbonyl (C=O) groups is 1. The number of hydrogen-bond acceptors (Lipinski definition) is 3. The third kappa shape index (κ3) is 6.29. The van der Waals surface area contributed by atoms with Crippen LogP contribution in [0.15, 0.2) is 59.2 Å². The fourth-order valence-corrected chi connectivity index (χ4v) is 3.45. The molecule has 2 aromatic rings. The van der Waals surface area contributed by atoms with Crippen LogP contribution in [0.1, 0.15) is 24.2 Å². The summed E-state index contributed by atoms with van der Waals surface area (Å²) in [6.45, 7) is 4.26. The van der Waals surface area contributed by atoms with Gasteiger partial charge in [0.1, 0.15) is 5.76 Å². The first kappa shape index (κ1) is 19.2. The SMILES string of the molecule is CN(CC=Cc1ccccc1)C(=O)NCC1CCCN(Cc2ccco2)C1. The van der Waals surface area contributed by atoms with Gasteiger partial charge in [0, 0.05) is 26.7 Å². The van der Waals surface area contributed by atoms with Crippen molar-refractivity contribution >= 4 is 12.1 Å². The summed E-state index contributed by atoms with van der Waals surface area (Å²) in [5, 5.41) is 3.08. The maximum atomic E-state index is 12.3. The van der Waals surface area contributed by atoms with E-state index in [0.717, 1.165) is 50.3 Å². The second-order valence-electron chi connectivity index (χ2n) is 7.20. The van der Waals surface area contributed by atoms with Gasteiger partial charge < -0.3 is 14.6 Å². The second-order valence-corrected chi connectivity index (χ2v) is 7.20. The molecule has 2 amide bonds. The maximum Gasteiger partial charge on any atom is 0.317 e. The van der Waals surface area contributed by atoms with Crippen LogP contribution in [-0.4, -0.2) is 49.1 Å². The normalized spacial score (nSPS) is 17.9. The van der Waals surface area contributed by atoms with E-state index < -0.39 is 0 Å². The highest BCUT2D eigenvalue weighted by Crippen LogP contribution is 2.18. The summed E-state index contributed by atoms with van der Waals surface area (Å²) in [5.41, 5.74) is 1.14. The number of likely N-dealkylation sites (tertiary alicyclic amines) is 1. The largest absolute Gasteiger partial charge is 0.468 e.